The Morgan fingerprint density at radius 1 is 1.30 bits per heavy atom. The van der Waals surface area contributed by atoms with E-state index in [2.05, 4.69) is 5.32 Å². The summed E-state index contributed by atoms with van der Waals surface area (Å²) >= 11 is 0. The molecule has 3 atom stereocenters. The summed E-state index contributed by atoms with van der Waals surface area (Å²) in [5, 5.41) is 3.26. The predicted octanol–water partition coefficient (Wildman–Crippen LogP) is 1.15. The molecule has 0 aromatic rings. The number of fused-ring (bicyclic) bond motifs is 2. The lowest BCUT2D eigenvalue weighted by Crippen LogP contribution is -2.49. The summed E-state index contributed by atoms with van der Waals surface area (Å²) in [6.45, 7) is 9.00. The van der Waals surface area contributed by atoms with Crippen LogP contribution in [0, 0.1) is 5.92 Å². The summed E-state index contributed by atoms with van der Waals surface area (Å²) in [4.78, 5) is 26.1. The molecule has 0 aliphatic carbocycles. The van der Waals surface area contributed by atoms with Gasteiger partial charge in [-0.1, -0.05) is 0 Å². The van der Waals surface area contributed by atoms with Crippen molar-refractivity contribution in [2.24, 2.45) is 5.92 Å². The SMILES string of the molecule is CCOC(=O)[C@@H]1[C@@H]2CNC[C@@H](C2)N1C(=O)OC(C)(C)C. The molecule has 0 saturated carbocycles. The van der Waals surface area contributed by atoms with E-state index in [4.69, 9.17) is 9.47 Å². The highest BCUT2D eigenvalue weighted by molar-refractivity contribution is 5.83. The first-order valence-corrected chi connectivity index (χ1v) is 7.22. The highest BCUT2D eigenvalue weighted by atomic mass is 16.6. The number of ether oxygens (including phenoxy) is 2. The van der Waals surface area contributed by atoms with Gasteiger partial charge in [0.05, 0.1) is 6.61 Å². The number of carbonyl (C=O) groups is 2. The van der Waals surface area contributed by atoms with Crippen LogP contribution in [0.3, 0.4) is 0 Å². The van der Waals surface area contributed by atoms with Crippen molar-refractivity contribution in [3.8, 4) is 0 Å². The molecule has 20 heavy (non-hydrogen) atoms. The van der Waals surface area contributed by atoms with Crippen molar-refractivity contribution in [3.63, 3.8) is 0 Å². The molecule has 1 amide bonds. The number of likely N-dealkylation sites (tertiary alicyclic amines) is 1. The maximum Gasteiger partial charge on any atom is 0.411 e. The van der Waals surface area contributed by atoms with Crippen molar-refractivity contribution in [3.05, 3.63) is 0 Å². The quantitative estimate of drug-likeness (QED) is 0.770. The Hall–Kier alpha value is -1.30. The van der Waals surface area contributed by atoms with Crippen molar-refractivity contribution >= 4 is 12.1 Å². The maximum absolute atomic E-state index is 12.4. The van der Waals surface area contributed by atoms with Gasteiger partial charge < -0.3 is 14.8 Å². The Morgan fingerprint density at radius 2 is 2.00 bits per heavy atom. The molecule has 2 heterocycles. The summed E-state index contributed by atoms with van der Waals surface area (Å²) in [7, 11) is 0. The van der Waals surface area contributed by atoms with E-state index in [1.807, 2.05) is 20.8 Å². The second-order valence-corrected chi connectivity index (χ2v) is 6.39. The number of esters is 1. The number of amides is 1. The van der Waals surface area contributed by atoms with Gasteiger partial charge in [-0.2, -0.15) is 0 Å². The minimum atomic E-state index is -0.569. The van der Waals surface area contributed by atoms with Crippen LogP contribution in [0.25, 0.3) is 0 Å². The summed E-state index contributed by atoms with van der Waals surface area (Å²) in [5.41, 5.74) is -0.569. The topological polar surface area (TPSA) is 67.9 Å². The van der Waals surface area contributed by atoms with Crippen LogP contribution in [0.4, 0.5) is 4.79 Å². The van der Waals surface area contributed by atoms with E-state index in [-0.39, 0.29) is 17.9 Å². The van der Waals surface area contributed by atoms with Gasteiger partial charge in [0.25, 0.3) is 0 Å². The van der Waals surface area contributed by atoms with Gasteiger partial charge in [-0.15, -0.1) is 0 Å². The van der Waals surface area contributed by atoms with Crippen LogP contribution in [0.5, 0.6) is 0 Å². The molecule has 0 spiro atoms. The molecule has 114 valence electrons. The molecular weight excluding hydrogens is 260 g/mol. The number of rotatable bonds is 2. The van der Waals surface area contributed by atoms with Crippen LogP contribution in [0.15, 0.2) is 0 Å². The number of nitrogens with one attached hydrogen (secondary N) is 1. The smallest absolute Gasteiger partial charge is 0.411 e. The van der Waals surface area contributed by atoms with E-state index < -0.39 is 17.7 Å². The highest BCUT2D eigenvalue weighted by Gasteiger charge is 2.51. The molecule has 2 aliphatic heterocycles. The van der Waals surface area contributed by atoms with E-state index in [9.17, 15) is 9.59 Å². The van der Waals surface area contributed by atoms with Crippen LogP contribution >= 0.6 is 0 Å². The van der Waals surface area contributed by atoms with E-state index in [1.165, 1.54) is 0 Å². The third-order valence-corrected chi connectivity index (χ3v) is 3.63. The van der Waals surface area contributed by atoms with Crippen molar-refractivity contribution in [2.45, 2.75) is 51.8 Å². The molecule has 0 radical (unpaired) electrons. The minimum Gasteiger partial charge on any atom is -0.464 e. The van der Waals surface area contributed by atoms with E-state index in [1.54, 1.807) is 11.8 Å². The van der Waals surface area contributed by atoms with Gasteiger partial charge in [-0.3, -0.25) is 4.90 Å². The first kappa shape index (κ1) is 15.1. The second kappa shape index (κ2) is 5.60. The molecule has 6 heteroatoms. The van der Waals surface area contributed by atoms with Gasteiger partial charge in [0.1, 0.15) is 11.6 Å². The number of hydrogen-bond donors (Lipinski definition) is 1. The summed E-state index contributed by atoms with van der Waals surface area (Å²) < 4.78 is 10.6. The molecule has 1 N–H and O–H groups in total. The van der Waals surface area contributed by atoms with Gasteiger partial charge in [-0.25, -0.2) is 9.59 Å². The van der Waals surface area contributed by atoms with Crippen molar-refractivity contribution in [2.75, 3.05) is 19.7 Å². The van der Waals surface area contributed by atoms with Gasteiger partial charge in [0.2, 0.25) is 0 Å². The van der Waals surface area contributed by atoms with Gasteiger partial charge in [-0.05, 0) is 34.1 Å². The molecule has 0 aromatic carbocycles. The van der Waals surface area contributed by atoms with Crippen molar-refractivity contribution in [1.29, 1.82) is 0 Å². The zero-order valence-electron chi connectivity index (χ0n) is 12.6. The minimum absolute atomic E-state index is 0.0120. The maximum atomic E-state index is 12.4. The number of hydrogen-bond acceptors (Lipinski definition) is 5. The lowest BCUT2D eigenvalue weighted by molar-refractivity contribution is -0.149. The van der Waals surface area contributed by atoms with Crippen LogP contribution in [-0.2, 0) is 14.3 Å². The van der Waals surface area contributed by atoms with Gasteiger partial charge in [0, 0.05) is 25.0 Å². The largest absolute Gasteiger partial charge is 0.464 e. The third kappa shape index (κ3) is 3.06. The summed E-state index contributed by atoms with van der Waals surface area (Å²) in [5.74, 6) is -0.213. The molecule has 2 aliphatic rings. The van der Waals surface area contributed by atoms with E-state index in [0.29, 0.717) is 13.2 Å². The molecule has 2 fully saturated rings. The van der Waals surface area contributed by atoms with Crippen molar-refractivity contribution < 1.29 is 19.1 Å². The van der Waals surface area contributed by atoms with Gasteiger partial charge in [0.15, 0.2) is 0 Å². The zero-order chi connectivity index (χ0) is 14.9. The third-order valence-electron chi connectivity index (χ3n) is 3.63. The standard InChI is InChI=1S/C14H24N2O4/c1-5-19-12(17)11-9-6-10(8-15-7-9)16(11)13(18)20-14(2,3)4/h9-11,15H,5-8H2,1-4H3/t9-,10+,11-/m0/s1. The zero-order valence-corrected chi connectivity index (χ0v) is 12.6. The van der Waals surface area contributed by atoms with Crippen LogP contribution in [0.2, 0.25) is 0 Å². The van der Waals surface area contributed by atoms with Crippen LogP contribution < -0.4 is 5.32 Å². The Labute approximate surface area is 119 Å². The molecular formula is C14H24N2O4. The average Bonchev–Trinajstić information content (AvgIpc) is 2.58. The fourth-order valence-electron chi connectivity index (χ4n) is 2.97. The fourth-order valence-corrected chi connectivity index (χ4v) is 2.97. The molecule has 2 bridgehead atoms. The summed E-state index contributed by atoms with van der Waals surface area (Å²) in [6.07, 6.45) is 0.405. The van der Waals surface area contributed by atoms with E-state index >= 15 is 0 Å². The Kier molecular flexibility index (Phi) is 4.22. The van der Waals surface area contributed by atoms with Gasteiger partial charge >= 0.3 is 12.1 Å². The summed E-state index contributed by atoms with van der Waals surface area (Å²) in [6, 6.07) is -0.511. The Bertz CT molecular complexity index is 391. The fraction of sp³-hybridized carbons (Fsp3) is 0.857. The second-order valence-electron chi connectivity index (χ2n) is 6.39. The Balaban J connectivity index is 2.18. The number of piperidine rings is 1. The van der Waals surface area contributed by atoms with Crippen molar-refractivity contribution in [1.82, 2.24) is 10.2 Å². The van der Waals surface area contributed by atoms with E-state index in [0.717, 1.165) is 13.0 Å². The average molecular weight is 284 g/mol. The lowest BCUT2D eigenvalue weighted by Gasteiger charge is -2.31. The molecule has 2 rings (SSSR count). The molecule has 2 saturated heterocycles. The highest BCUT2D eigenvalue weighted by Crippen LogP contribution is 2.34. The lowest BCUT2D eigenvalue weighted by atomic mass is 9.96. The monoisotopic (exact) mass is 284 g/mol. The normalized spacial score (nSPS) is 29.2. The molecule has 0 aromatic heterocycles. The van der Waals surface area contributed by atoms with Crippen LogP contribution in [-0.4, -0.2) is 54.3 Å². The number of carbonyl (C=O) groups excluding carboxylic acids is 2. The molecule has 6 nitrogen and oxygen atoms in total. The first-order chi connectivity index (χ1) is 9.33. The van der Waals surface area contributed by atoms with Crippen LogP contribution in [0.1, 0.15) is 34.1 Å². The first-order valence-electron chi connectivity index (χ1n) is 7.22. The predicted molar refractivity (Wildman–Crippen MR) is 73.3 cm³/mol. The molecule has 0 unspecified atom stereocenters. The number of nitrogens with zero attached hydrogens (tertiary/aromatic N) is 1. The Morgan fingerprint density at radius 3 is 2.60 bits per heavy atom.